The molecule has 2 saturated heterocycles. The van der Waals surface area contributed by atoms with Crippen LogP contribution in [0.25, 0.3) is 10.9 Å². The number of nitrogens with zero attached hydrogens (tertiary/aromatic N) is 2. The summed E-state index contributed by atoms with van der Waals surface area (Å²) < 4.78 is 19.5. The van der Waals surface area contributed by atoms with E-state index in [0.29, 0.717) is 44.5 Å². The van der Waals surface area contributed by atoms with Crippen molar-refractivity contribution in [2.45, 2.75) is 50.4 Å². The van der Waals surface area contributed by atoms with E-state index < -0.39 is 17.3 Å². The first-order valence-corrected chi connectivity index (χ1v) is 9.17. The third kappa shape index (κ3) is 2.86. The molecule has 26 heavy (non-hydrogen) atoms. The van der Waals surface area contributed by atoms with Crippen LogP contribution in [0.1, 0.15) is 31.7 Å². The Balaban J connectivity index is 1.58. The normalized spacial score (nSPS) is 28.7. The van der Waals surface area contributed by atoms with E-state index in [1.54, 1.807) is 13.0 Å². The van der Waals surface area contributed by atoms with Crippen LogP contribution in [0.2, 0.25) is 0 Å². The van der Waals surface area contributed by atoms with E-state index in [1.807, 2.05) is 13.0 Å². The number of hydrogen-bond acceptors (Lipinski definition) is 5. The van der Waals surface area contributed by atoms with Gasteiger partial charge in [0, 0.05) is 31.0 Å². The smallest absolute Gasteiger partial charge is 0.129 e. The molecule has 0 radical (unpaired) electrons. The highest BCUT2D eigenvalue weighted by molar-refractivity contribution is 5.84. The minimum Gasteiger partial charge on any atom is -0.387 e. The van der Waals surface area contributed by atoms with Gasteiger partial charge in [0.05, 0.1) is 17.7 Å². The van der Waals surface area contributed by atoms with Crippen LogP contribution in [-0.2, 0) is 4.74 Å². The summed E-state index contributed by atoms with van der Waals surface area (Å²) in [4.78, 5) is 6.78. The molecule has 5 nitrogen and oxygen atoms in total. The fourth-order valence-corrected chi connectivity index (χ4v) is 4.30. The van der Waals surface area contributed by atoms with Crippen molar-refractivity contribution < 1.29 is 19.3 Å². The molecule has 2 atom stereocenters. The second-order valence-electron chi connectivity index (χ2n) is 7.87. The number of rotatable bonds is 1. The number of hydrogen-bond donors (Lipinski definition) is 2. The monoisotopic (exact) mass is 360 g/mol. The lowest BCUT2D eigenvalue weighted by Gasteiger charge is -2.51. The van der Waals surface area contributed by atoms with E-state index in [9.17, 15) is 14.6 Å². The van der Waals surface area contributed by atoms with Gasteiger partial charge in [-0.3, -0.25) is 0 Å². The summed E-state index contributed by atoms with van der Waals surface area (Å²) in [5.41, 5.74) is -0.106. The molecule has 0 bridgehead atoms. The summed E-state index contributed by atoms with van der Waals surface area (Å²) >= 11 is 0. The molecule has 0 saturated carbocycles. The van der Waals surface area contributed by atoms with Crippen molar-refractivity contribution in [2.75, 3.05) is 24.6 Å². The summed E-state index contributed by atoms with van der Waals surface area (Å²) in [7, 11) is 0. The number of ether oxygens (including phenoxy) is 1. The van der Waals surface area contributed by atoms with Crippen molar-refractivity contribution in [1.82, 2.24) is 4.98 Å². The molecule has 0 aliphatic carbocycles. The van der Waals surface area contributed by atoms with Gasteiger partial charge in [-0.15, -0.1) is 0 Å². The Hall–Kier alpha value is -1.76. The lowest BCUT2D eigenvalue weighted by molar-refractivity contribution is -0.239. The molecule has 2 aliphatic heterocycles. The SMILES string of the molecule is Cc1cc(N2CCC3(CC2)OCC[C@@](C)(O)C3O)nc2cc(F)ccc12. The van der Waals surface area contributed by atoms with Gasteiger partial charge in [0.1, 0.15) is 23.3 Å². The molecule has 1 spiro atoms. The molecule has 2 N–H and O–H groups in total. The van der Waals surface area contributed by atoms with E-state index in [0.717, 1.165) is 16.8 Å². The summed E-state index contributed by atoms with van der Waals surface area (Å²) in [6.07, 6.45) is 0.779. The summed E-state index contributed by atoms with van der Waals surface area (Å²) in [6, 6.07) is 6.69. The predicted molar refractivity (Wildman–Crippen MR) is 97.8 cm³/mol. The van der Waals surface area contributed by atoms with Crippen LogP contribution in [0.4, 0.5) is 10.2 Å². The molecule has 1 aromatic heterocycles. The number of aromatic nitrogens is 1. The lowest BCUT2D eigenvalue weighted by atomic mass is 9.75. The Kier molecular flexibility index (Phi) is 4.17. The molecule has 1 unspecified atom stereocenters. The van der Waals surface area contributed by atoms with E-state index >= 15 is 0 Å². The van der Waals surface area contributed by atoms with Crippen LogP contribution in [-0.4, -0.2) is 52.2 Å². The number of pyridine rings is 1. The highest BCUT2D eigenvalue weighted by atomic mass is 19.1. The van der Waals surface area contributed by atoms with Crippen LogP contribution >= 0.6 is 0 Å². The highest BCUT2D eigenvalue weighted by Gasteiger charge is 2.52. The van der Waals surface area contributed by atoms with E-state index in [2.05, 4.69) is 9.88 Å². The van der Waals surface area contributed by atoms with Crippen molar-refractivity contribution >= 4 is 16.7 Å². The topological polar surface area (TPSA) is 65.8 Å². The van der Waals surface area contributed by atoms with Gasteiger partial charge in [-0.1, -0.05) is 0 Å². The Morgan fingerprint density at radius 3 is 2.69 bits per heavy atom. The van der Waals surface area contributed by atoms with Gasteiger partial charge < -0.3 is 19.8 Å². The minimum absolute atomic E-state index is 0.292. The zero-order chi connectivity index (χ0) is 18.5. The van der Waals surface area contributed by atoms with E-state index in [4.69, 9.17) is 4.74 Å². The maximum Gasteiger partial charge on any atom is 0.129 e. The number of halogens is 1. The maximum absolute atomic E-state index is 13.6. The van der Waals surface area contributed by atoms with Crippen molar-refractivity contribution in [2.24, 2.45) is 0 Å². The number of fused-ring (bicyclic) bond motifs is 1. The number of aliphatic hydroxyl groups excluding tert-OH is 1. The molecule has 3 heterocycles. The van der Waals surface area contributed by atoms with Crippen LogP contribution in [0.3, 0.4) is 0 Å². The third-order valence-corrected chi connectivity index (χ3v) is 5.98. The Morgan fingerprint density at radius 2 is 1.96 bits per heavy atom. The second-order valence-corrected chi connectivity index (χ2v) is 7.87. The minimum atomic E-state index is -1.12. The summed E-state index contributed by atoms with van der Waals surface area (Å²) in [5.74, 6) is 0.521. The zero-order valence-electron chi connectivity index (χ0n) is 15.2. The average Bonchev–Trinajstić information content (AvgIpc) is 2.60. The first-order chi connectivity index (χ1) is 12.3. The summed E-state index contributed by atoms with van der Waals surface area (Å²) in [5, 5.41) is 22.0. The number of aryl methyl sites for hydroxylation is 1. The molecule has 0 amide bonds. The van der Waals surface area contributed by atoms with Crippen LogP contribution in [0.5, 0.6) is 0 Å². The first kappa shape index (κ1) is 17.6. The molecular formula is C20H25FN2O3. The fourth-order valence-electron chi connectivity index (χ4n) is 4.30. The molecule has 2 fully saturated rings. The Morgan fingerprint density at radius 1 is 1.23 bits per heavy atom. The molecule has 1 aromatic carbocycles. The number of piperidine rings is 1. The first-order valence-electron chi connectivity index (χ1n) is 9.17. The van der Waals surface area contributed by atoms with Gasteiger partial charge in [-0.25, -0.2) is 9.37 Å². The predicted octanol–water partition coefficient (Wildman–Crippen LogP) is 2.55. The Bertz CT molecular complexity index is 831. The van der Waals surface area contributed by atoms with Gasteiger partial charge in [0.25, 0.3) is 0 Å². The molecule has 140 valence electrons. The average molecular weight is 360 g/mol. The fraction of sp³-hybridized carbons (Fsp3) is 0.550. The van der Waals surface area contributed by atoms with E-state index in [-0.39, 0.29) is 5.82 Å². The molecule has 4 rings (SSSR count). The quantitative estimate of drug-likeness (QED) is 0.818. The summed E-state index contributed by atoms with van der Waals surface area (Å²) in [6.45, 7) is 5.47. The highest BCUT2D eigenvalue weighted by Crippen LogP contribution is 2.40. The standard InChI is InChI=1S/C20H25FN2O3/c1-13-11-17(22-16-12-14(21)3-4-15(13)16)23-8-5-20(6-9-23)18(24)19(2,25)7-10-26-20/h3-4,11-12,18,24-25H,5-10H2,1-2H3/t18?,19-/m1/s1. The van der Waals surface area contributed by atoms with Gasteiger partial charge in [0.2, 0.25) is 0 Å². The molecule has 6 heteroatoms. The van der Waals surface area contributed by atoms with Gasteiger partial charge >= 0.3 is 0 Å². The van der Waals surface area contributed by atoms with Crippen molar-refractivity contribution in [3.63, 3.8) is 0 Å². The van der Waals surface area contributed by atoms with Crippen LogP contribution in [0.15, 0.2) is 24.3 Å². The molecular weight excluding hydrogens is 335 g/mol. The largest absolute Gasteiger partial charge is 0.387 e. The van der Waals surface area contributed by atoms with Crippen LogP contribution < -0.4 is 4.90 Å². The van der Waals surface area contributed by atoms with Crippen LogP contribution in [0, 0.1) is 12.7 Å². The maximum atomic E-state index is 13.6. The molecule has 2 aromatic rings. The molecule has 2 aliphatic rings. The lowest BCUT2D eigenvalue weighted by Crippen LogP contribution is -2.64. The van der Waals surface area contributed by atoms with Gasteiger partial charge in [-0.2, -0.15) is 0 Å². The van der Waals surface area contributed by atoms with E-state index in [1.165, 1.54) is 12.1 Å². The Labute approximate surface area is 152 Å². The number of anilines is 1. The second kappa shape index (κ2) is 6.15. The third-order valence-electron chi connectivity index (χ3n) is 5.98. The van der Waals surface area contributed by atoms with Crippen molar-refractivity contribution in [1.29, 1.82) is 0 Å². The number of benzene rings is 1. The van der Waals surface area contributed by atoms with Gasteiger partial charge in [-0.05, 0) is 50.5 Å². The van der Waals surface area contributed by atoms with Crippen molar-refractivity contribution in [3.05, 3.63) is 35.6 Å². The zero-order valence-corrected chi connectivity index (χ0v) is 15.2. The van der Waals surface area contributed by atoms with Crippen molar-refractivity contribution in [3.8, 4) is 0 Å². The number of aliphatic hydroxyl groups is 2. The van der Waals surface area contributed by atoms with Gasteiger partial charge in [0.15, 0.2) is 0 Å².